The lowest BCUT2D eigenvalue weighted by atomic mass is 9.96. The van der Waals surface area contributed by atoms with Crippen molar-refractivity contribution in [1.29, 1.82) is 0 Å². The smallest absolute Gasteiger partial charge is 0.119 e. The van der Waals surface area contributed by atoms with E-state index in [0.29, 0.717) is 12.4 Å². The van der Waals surface area contributed by atoms with Gasteiger partial charge in [-0.15, -0.1) is 11.3 Å². The van der Waals surface area contributed by atoms with E-state index < -0.39 is 0 Å². The molecule has 34 heavy (non-hydrogen) atoms. The molecule has 4 aromatic rings. The summed E-state index contributed by atoms with van der Waals surface area (Å²) in [5.41, 5.74) is 4.71. The van der Waals surface area contributed by atoms with E-state index in [9.17, 15) is 5.11 Å². The Morgan fingerprint density at radius 3 is 2.65 bits per heavy atom. The maximum atomic E-state index is 10.1. The molecule has 1 fully saturated rings. The number of likely N-dealkylation sites (tertiary alicyclic amines) is 1. The van der Waals surface area contributed by atoms with E-state index in [1.807, 2.05) is 12.1 Å². The minimum absolute atomic E-state index is 0.178. The molecule has 2 aliphatic rings. The number of phenolic OH excluding ortho intramolecular Hbond substituents is 1. The quantitative estimate of drug-likeness (QED) is 0.349. The van der Waals surface area contributed by atoms with Gasteiger partial charge in [-0.05, 0) is 78.3 Å². The first kappa shape index (κ1) is 21.7. The molecule has 0 saturated carbocycles. The number of hydrogen-bond acceptors (Lipinski definition) is 5. The average molecular weight is 472 g/mol. The van der Waals surface area contributed by atoms with E-state index in [0.717, 1.165) is 34.6 Å². The van der Waals surface area contributed by atoms with Gasteiger partial charge in [0.05, 0.1) is 6.61 Å². The Morgan fingerprint density at radius 2 is 1.79 bits per heavy atom. The lowest BCUT2D eigenvalue weighted by Gasteiger charge is -2.26. The Balaban J connectivity index is 1.29. The molecule has 0 bridgehead atoms. The Kier molecular flexibility index (Phi) is 6.00. The van der Waals surface area contributed by atoms with Gasteiger partial charge >= 0.3 is 0 Å². The number of nitrogens with zero attached hydrogens (tertiary/aromatic N) is 1. The summed E-state index contributed by atoms with van der Waals surface area (Å²) in [6.45, 7) is 4.66. The molecule has 0 aliphatic carbocycles. The normalized spacial score (nSPS) is 18.3. The van der Waals surface area contributed by atoms with E-state index in [1.54, 1.807) is 17.4 Å². The Bertz CT molecular complexity index is 1290. The zero-order chi connectivity index (χ0) is 22.9. The fourth-order valence-electron chi connectivity index (χ4n) is 5.17. The fraction of sp³-hybridized carbons (Fsp3) is 0.310. The van der Waals surface area contributed by atoms with E-state index in [4.69, 9.17) is 9.47 Å². The highest BCUT2D eigenvalue weighted by Gasteiger charge is 2.28. The summed E-state index contributed by atoms with van der Waals surface area (Å²) in [7, 11) is 0. The molecule has 3 aromatic carbocycles. The number of piperidine rings is 1. The third-order valence-corrected chi connectivity index (χ3v) is 8.15. The molecule has 1 saturated heterocycles. The molecule has 0 amide bonds. The highest BCUT2D eigenvalue weighted by molar-refractivity contribution is 7.22. The Labute approximate surface area is 204 Å². The van der Waals surface area contributed by atoms with Crippen molar-refractivity contribution in [2.24, 2.45) is 0 Å². The molecule has 1 atom stereocenters. The number of phenols is 1. The molecular formula is C29H29NO3S. The fourth-order valence-corrected chi connectivity index (χ4v) is 6.49. The number of aromatic hydroxyl groups is 1. The number of benzene rings is 3. The SMILES string of the molecule is Oc1ccc2c3c(sc2c1)-c1ccccc1COC3c1ccc(OCCN2CCCCC2)cc1. The summed E-state index contributed by atoms with van der Waals surface area (Å²) in [5, 5.41) is 11.2. The first-order valence-corrected chi connectivity index (χ1v) is 13.0. The van der Waals surface area contributed by atoms with Gasteiger partial charge in [-0.2, -0.15) is 0 Å². The van der Waals surface area contributed by atoms with Gasteiger partial charge in [0, 0.05) is 21.7 Å². The van der Waals surface area contributed by atoms with Crippen LogP contribution >= 0.6 is 11.3 Å². The zero-order valence-corrected chi connectivity index (χ0v) is 20.0. The summed E-state index contributed by atoms with van der Waals surface area (Å²) < 4.78 is 13.7. The molecule has 1 N–H and O–H groups in total. The third-order valence-electron chi connectivity index (χ3n) is 6.95. The van der Waals surface area contributed by atoms with Gasteiger partial charge in [-0.25, -0.2) is 0 Å². The Hall–Kier alpha value is -2.86. The van der Waals surface area contributed by atoms with Gasteiger partial charge in [0.15, 0.2) is 0 Å². The number of fused-ring (bicyclic) bond motifs is 5. The highest BCUT2D eigenvalue weighted by atomic mass is 32.1. The predicted octanol–water partition coefficient (Wildman–Crippen LogP) is 6.76. The third kappa shape index (κ3) is 4.20. The van der Waals surface area contributed by atoms with Crippen LogP contribution in [-0.2, 0) is 11.3 Å². The van der Waals surface area contributed by atoms with Crippen LogP contribution in [0.3, 0.4) is 0 Å². The molecule has 174 valence electrons. The number of thiophene rings is 1. The standard InChI is InChI=1S/C29H29NO3S/c31-22-10-13-25-26(18-22)34-29-24-7-3-2-6-21(24)19-33-28(27(25)29)20-8-11-23(12-9-20)32-17-16-30-14-4-1-5-15-30/h2-3,6-13,18,28,31H,1,4-5,14-17,19H2. The second-order valence-electron chi connectivity index (χ2n) is 9.19. The first-order valence-electron chi connectivity index (χ1n) is 12.2. The summed E-state index contributed by atoms with van der Waals surface area (Å²) in [6, 6.07) is 22.5. The van der Waals surface area contributed by atoms with Crippen LogP contribution in [0.4, 0.5) is 0 Å². The van der Waals surface area contributed by atoms with Crippen LogP contribution in [0.2, 0.25) is 0 Å². The van der Waals surface area contributed by atoms with Crippen LogP contribution in [0.1, 0.15) is 42.1 Å². The lowest BCUT2D eigenvalue weighted by Crippen LogP contribution is -2.33. The molecule has 3 heterocycles. The van der Waals surface area contributed by atoms with Crippen LogP contribution in [0.5, 0.6) is 11.5 Å². The molecule has 1 unspecified atom stereocenters. The predicted molar refractivity (Wildman–Crippen MR) is 138 cm³/mol. The number of rotatable bonds is 5. The number of hydrogen-bond donors (Lipinski definition) is 1. The average Bonchev–Trinajstić information content (AvgIpc) is 3.16. The number of ether oxygens (including phenoxy) is 2. The maximum Gasteiger partial charge on any atom is 0.119 e. The van der Waals surface area contributed by atoms with Gasteiger partial charge < -0.3 is 14.6 Å². The van der Waals surface area contributed by atoms with Crippen molar-refractivity contribution in [2.75, 3.05) is 26.2 Å². The van der Waals surface area contributed by atoms with Crippen molar-refractivity contribution in [3.8, 4) is 21.9 Å². The molecule has 5 heteroatoms. The van der Waals surface area contributed by atoms with Gasteiger partial charge in [0.2, 0.25) is 0 Å². The first-order chi connectivity index (χ1) is 16.8. The second kappa shape index (κ2) is 9.41. The minimum atomic E-state index is -0.178. The molecule has 4 nitrogen and oxygen atoms in total. The van der Waals surface area contributed by atoms with Gasteiger partial charge in [-0.3, -0.25) is 4.90 Å². The van der Waals surface area contributed by atoms with Crippen molar-refractivity contribution >= 4 is 21.4 Å². The highest BCUT2D eigenvalue weighted by Crippen LogP contribution is 2.48. The summed E-state index contributed by atoms with van der Waals surface area (Å²) in [6.07, 6.45) is 3.79. The monoisotopic (exact) mass is 471 g/mol. The van der Waals surface area contributed by atoms with Crippen LogP contribution in [-0.4, -0.2) is 36.2 Å². The Morgan fingerprint density at radius 1 is 0.971 bits per heavy atom. The molecular weight excluding hydrogens is 442 g/mol. The van der Waals surface area contributed by atoms with Crippen LogP contribution < -0.4 is 4.74 Å². The molecule has 1 aromatic heterocycles. The van der Waals surface area contributed by atoms with Gasteiger partial charge in [0.25, 0.3) is 0 Å². The molecule has 6 rings (SSSR count). The van der Waals surface area contributed by atoms with Crippen molar-refractivity contribution in [2.45, 2.75) is 32.0 Å². The summed E-state index contributed by atoms with van der Waals surface area (Å²) >= 11 is 1.73. The summed E-state index contributed by atoms with van der Waals surface area (Å²) in [4.78, 5) is 3.72. The van der Waals surface area contributed by atoms with E-state index >= 15 is 0 Å². The van der Waals surface area contributed by atoms with E-state index in [1.165, 1.54) is 53.9 Å². The summed E-state index contributed by atoms with van der Waals surface area (Å²) in [5.74, 6) is 1.19. The lowest BCUT2D eigenvalue weighted by molar-refractivity contribution is 0.0702. The largest absolute Gasteiger partial charge is 0.508 e. The maximum absolute atomic E-state index is 10.1. The van der Waals surface area contributed by atoms with Crippen LogP contribution in [0.25, 0.3) is 20.5 Å². The molecule has 0 spiro atoms. The molecule has 2 aliphatic heterocycles. The van der Waals surface area contributed by atoms with Crippen molar-refractivity contribution in [3.63, 3.8) is 0 Å². The minimum Gasteiger partial charge on any atom is -0.508 e. The van der Waals surface area contributed by atoms with E-state index in [2.05, 4.69) is 53.4 Å². The van der Waals surface area contributed by atoms with E-state index in [-0.39, 0.29) is 6.10 Å². The van der Waals surface area contributed by atoms with Crippen molar-refractivity contribution in [1.82, 2.24) is 4.90 Å². The van der Waals surface area contributed by atoms with Crippen molar-refractivity contribution < 1.29 is 14.6 Å². The van der Waals surface area contributed by atoms with Gasteiger partial charge in [0.1, 0.15) is 24.2 Å². The topological polar surface area (TPSA) is 41.9 Å². The van der Waals surface area contributed by atoms with Crippen LogP contribution in [0.15, 0.2) is 66.7 Å². The second-order valence-corrected chi connectivity index (χ2v) is 10.2. The van der Waals surface area contributed by atoms with Crippen LogP contribution in [0, 0.1) is 0 Å². The molecule has 0 radical (unpaired) electrons. The van der Waals surface area contributed by atoms with Gasteiger partial charge in [-0.1, -0.05) is 42.8 Å². The van der Waals surface area contributed by atoms with Crippen molar-refractivity contribution in [3.05, 3.63) is 83.4 Å². The zero-order valence-electron chi connectivity index (χ0n) is 19.2.